The van der Waals surface area contributed by atoms with Crippen LogP contribution < -0.4 is 10.1 Å². The van der Waals surface area contributed by atoms with Crippen LogP contribution in [0.3, 0.4) is 0 Å². The summed E-state index contributed by atoms with van der Waals surface area (Å²) in [4.78, 5) is 29.9. The number of hydrogen-bond acceptors (Lipinski definition) is 7. The van der Waals surface area contributed by atoms with Gasteiger partial charge in [-0.1, -0.05) is 56.9 Å². The topological polar surface area (TPSA) is 86.8 Å². The van der Waals surface area contributed by atoms with E-state index in [9.17, 15) is 9.59 Å². The Labute approximate surface area is 235 Å². The van der Waals surface area contributed by atoms with Crippen molar-refractivity contribution in [3.63, 3.8) is 0 Å². The van der Waals surface area contributed by atoms with Crippen molar-refractivity contribution in [2.24, 2.45) is 0 Å². The van der Waals surface area contributed by atoms with Crippen LogP contribution in [0, 0.1) is 0 Å². The normalized spacial score (nSPS) is 12.9. The largest absolute Gasteiger partial charge is 0.494 e. The number of carbonyl (C=O) groups is 2. The number of rotatable bonds is 12. The Morgan fingerprint density at radius 3 is 2.15 bits per heavy atom. The van der Waals surface area contributed by atoms with E-state index in [4.69, 9.17) is 19.2 Å². The highest BCUT2D eigenvalue weighted by Crippen LogP contribution is 2.32. The molecule has 0 unspecified atom stereocenters. The molecule has 1 aromatic heterocycles. The Bertz CT molecular complexity index is 1220. The maximum atomic E-state index is 12.7. The lowest BCUT2D eigenvalue weighted by molar-refractivity contribution is -0.148. The summed E-state index contributed by atoms with van der Waals surface area (Å²) in [5.41, 5.74) is 1.27. The van der Waals surface area contributed by atoms with Crippen LogP contribution in [0.15, 0.2) is 53.9 Å². The number of carbonyl (C=O) groups excluding carboxylic acids is 2. The van der Waals surface area contributed by atoms with Gasteiger partial charge in [-0.15, -0.1) is 11.3 Å². The number of thiazole rings is 1. The van der Waals surface area contributed by atoms with E-state index in [0.29, 0.717) is 5.56 Å². The van der Waals surface area contributed by atoms with E-state index in [0.717, 1.165) is 40.6 Å². The second kappa shape index (κ2) is 13.6. The first-order valence-corrected chi connectivity index (χ1v) is 14.3. The summed E-state index contributed by atoms with van der Waals surface area (Å²) < 4.78 is 16.2. The van der Waals surface area contributed by atoms with Crippen LogP contribution in [0.25, 0.3) is 21.8 Å². The number of amides is 1. The molecule has 0 aliphatic carbocycles. The molecule has 39 heavy (non-hydrogen) atoms. The van der Waals surface area contributed by atoms with E-state index in [1.165, 1.54) is 32.8 Å². The SMILES string of the molecule is CCCCCCCOc1ccc(-c2csc(-c3ccc([C@](C)(NC(=O)OC(C)(C)C)C(=O)OC)cc3)n2)cc1. The first-order chi connectivity index (χ1) is 18.6. The third-order valence-corrected chi connectivity index (χ3v) is 7.12. The fourth-order valence-corrected chi connectivity index (χ4v) is 4.89. The van der Waals surface area contributed by atoms with Crippen molar-refractivity contribution in [3.05, 3.63) is 59.5 Å². The molecule has 0 bridgehead atoms. The summed E-state index contributed by atoms with van der Waals surface area (Å²) in [7, 11) is 1.29. The van der Waals surface area contributed by atoms with Crippen molar-refractivity contribution in [2.45, 2.75) is 77.9 Å². The molecule has 1 N–H and O–H groups in total. The number of alkyl carbamates (subject to hydrolysis) is 1. The van der Waals surface area contributed by atoms with Gasteiger partial charge in [0, 0.05) is 16.5 Å². The van der Waals surface area contributed by atoms with Crippen LogP contribution in [0.4, 0.5) is 4.79 Å². The van der Waals surface area contributed by atoms with Crippen molar-refractivity contribution in [1.82, 2.24) is 10.3 Å². The van der Waals surface area contributed by atoms with Crippen LogP contribution in [0.5, 0.6) is 5.75 Å². The number of benzene rings is 2. The van der Waals surface area contributed by atoms with Crippen molar-refractivity contribution in [2.75, 3.05) is 13.7 Å². The Kier molecular flexibility index (Phi) is 10.5. The molecule has 0 aliphatic heterocycles. The average Bonchev–Trinajstić information content (AvgIpc) is 3.40. The fourth-order valence-electron chi connectivity index (χ4n) is 4.06. The molecule has 3 aromatic rings. The third-order valence-electron chi connectivity index (χ3n) is 6.22. The average molecular weight is 553 g/mol. The Morgan fingerprint density at radius 1 is 0.897 bits per heavy atom. The van der Waals surface area contributed by atoms with Crippen molar-refractivity contribution in [3.8, 4) is 27.6 Å². The zero-order valence-electron chi connectivity index (χ0n) is 23.8. The highest BCUT2D eigenvalue weighted by Gasteiger charge is 2.39. The third kappa shape index (κ3) is 8.55. The molecule has 0 saturated carbocycles. The summed E-state index contributed by atoms with van der Waals surface area (Å²) in [6.07, 6.45) is 5.37. The molecule has 1 atom stereocenters. The molecule has 8 heteroatoms. The van der Waals surface area contributed by atoms with E-state index in [1.807, 2.05) is 41.8 Å². The smallest absolute Gasteiger partial charge is 0.408 e. The minimum atomic E-state index is -1.41. The predicted octanol–water partition coefficient (Wildman–Crippen LogP) is 7.74. The van der Waals surface area contributed by atoms with E-state index >= 15 is 0 Å². The molecule has 210 valence electrons. The number of ether oxygens (including phenoxy) is 3. The first-order valence-electron chi connectivity index (χ1n) is 13.4. The second-order valence-electron chi connectivity index (χ2n) is 10.6. The van der Waals surface area contributed by atoms with E-state index in [1.54, 1.807) is 51.2 Å². The number of methoxy groups -OCH3 is 1. The van der Waals surface area contributed by atoms with Gasteiger partial charge in [-0.05, 0) is 63.9 Å². The molecule has 0 fully saturated rings. The van der Waals surface area contributed by atoms with Crippen LogP contribution >= 0.6 is 11.3 Å². The van der Waals surface area contributed by atoms with Gasteiger partial charge in [0.05, 0.1) is 19.4 Å². The number of nitrogens with one attached hydrogen (secondary N) is 1. The molecule has 1 heterocycles. The van der Waals surface area contributed by atoms with E-state index in [-0.39, 0.29) is 0 Å². The monoisotopic (exact) mass is 552 g/mol. The molecule has 2 aromatic carbocycles. The zero-order valence-corrected chi connectivity index (χ0v) is 24.7. The quantitative estimate of drug-likeness (QED) is 0.183. The zero-order chi connectivity index (χ0) is 28.5. The van der Waals surface area contributed by atoms with Crippen molar-refractivity contribution >= 4 is 23.4 Å². The van der Waals surface area contributed by atoms with Crippen molar-refractivity contribution in [1.29, 1.82) is 0 Å². The standard InChI is InChI=1S/C31H40N2O5S/c1-7-8-9-10-11-20-37-25-18-14-22(15-19-25)26-21-39-27(32-26)23-12-16-24(17-13-23)31(5,28(34)36-6)33-29(35)38-30(2,3)4/h12-19,21H,7-11,20H2,1-6H3,(H,33,35)/t31-/m0/s1. The molecule has 0 saturated heterocycles. The number of nitrogens with zero attached hydrogens (tertiary/aromatic N) is 1. The van der Waals surface area contributed by atoms with Crippen LogP contribution in [-0.4, -0.2) is 36.4 Å². The van der Waals surface area contributed by atoms with Crippen LogP contribution in [0.1, 0.15) is 72.3 Å². The van der Waals surface area contributed by atoms with Crippen molar-refractivity contribution < 1.29 is 23.8 Å². The molecule has 0 aliphatic rings. The molecule has 0 radical (unpaired) electrons. The van der Waals surface area contributed by atoms with Gasteiger partial charge in [0.25, 0.3) is 0 Å². The maximum absolute atomic E-state index is 12.7. The minimum Gasteiger partial charge on any atom is -0.494 e. The fraction of sp³-hybridized carbons (Fsp3) is 0.452. The van der Waals surface area contributed by atoms with Gasteiger partial charge in [-0.2, -0.15) is 0 Å². The summed E-state index contributed by atoms with van der Waals surface area (Å²) >= 11 is 1.54. The predicted molar refractivity (Wildman–Crippen MR) is 156 cm³/mol. The summed E-state index contributed by atoms with van der Waals surface area (Å²) in [5, 5.41) is 5.55. The van der Waals surface area contributed by atoms with E-state index in [2.05, 4.69) is 12.2 Å². The van der Waals surface area contributed by atoms with Crippen LogP contribution in [0.2, 0.25) is 0 Å². The number of aromatic nitrogens is 1. The van der Waals surface area contributed by atoms with Gasteiger partial charge in [0.2, 0.25) is 0 Å². The van der Waals surface area contributed by atoms with Gasteiger partial charge < -0.3 is 19.5 Å². The summed E-state index contributed by atoms with van der Waals surface area (Å²) in [6.45, 7) is 9.84. The van der Waals surface area contributed by atoms with Gasteiger partial charge >= 0.3 is 12.1 Å². The maximum Gasteiger partial charge on any atom is 0.408 e. The van der Waals surface area contributed by atoms with Gasteiger partial charge in [0.1, 0.15) is 16.4 Å². The molecular formula is C31H40N2O5S. The molecular weight excluding hydrogens is 512 g/mol. The van der Waals surface area contributed by atoms with Gasteiger partial charge in [0.15, 0.2) is 5.54 Å². The number of hydrogen-bond donors (Lipinski definition) is 1. The van der Waals surface area contributed by atoms with E-state index < -0.39 is 23.2 Å². The van der Waals surface area contributed by atoms with Gasteiger partial charge in [-0.3, -0.25) is 0 Å². The summed E-state index contributed by atoms with van der Waals surface area (Å²) in [6, 6.07) is 15.4. The molecule has 7 nitrogen and oxygen atoms in total. The minimum absolute atomic E-state index is 0.571. The number of esters is 1. The first kappa shape index (κ1) is 30.2. The lowest BCUT2D eigenvalue weighted by atomic mass is 9.91. The lowest BCUT2D eigenvalue weighted by Gasteiger charge is -2.30. The van der Waals surface area contributed by atoms with Gasteiger partial charge in [-0.25, -0.2) is 14.6 Å². The number of unbranched alkanes of at least 4 members (excludes halogenated alkanes) is 4. The highest BCUT2D eigenvalue weighted by atomic mass is 32.1. The Hall–Kier alpha value is -3.39. The molecule has 1 amide bonds. The van der Waals surface area contributed by atoms with Crippen LogP contribution in [-0.2, 0) is 19.8 Å². The molecule has 0 spiro atoms. The summed E-state index contributed by atoms with van der Waals surface area (Å²) in [5.74, 6) is 0.274. The second-order valence-corrected chi connectivity index (χ2v) is 11.5. The Morgan fingerprint density at radius 2 is 1.54 bits per heavy atom. The lowest BCUT2D eigenvalue weighted by Crippen LogP contribution is -2.51. The highest BCUT2D eigenvalue weighted by molar-refractivity contribution is 7.13. The molecule has 3 rings (SSSR count). The Balaban J connectivity index is 1.68.